The zero-order valence-electron chi connectivity index (χ0n) is 11.1. The molecule has 18 heavy (non-hydrogen) atoms. The van der Waals surface area contributed by atoms with Gasteiger partial charge < -0.3 is 10.5 Å². The SMILES string of the molecule is COCCn1ncc(Br)c1C(F)C(CN)C(C)C. The molecule has 0 aliphatic rings. The molecule has 0 saturated heterocycles. The van der Waals surface area contributed by atoms with E-state index in [1.165, 1.54) is 0 Å². The van der Waals surface area contributed by atoms with Crippen LogP contribution in [0, 0.1) is 11.8 Å². The first-order chi connectivity index (χ1) is 8.52. The predicted molar refractivity (Wildman–Crippen MR) is 73.0 cm³/mol. The Labute approximate surface area is 116 Å². The van der Waals surface area contributed by atoms with Crippen LogP contribution in [-0.2, 0) is 11.3 Å². The summed E-state index contributed by atoms with van der Waals surface area (Å²) >= 11 is 3.35. The van der Waals surface area contributed by atoms with Gasteiger partial charge in [-0.15, -0.1) is 0 Å². The molecular formula is C12H21BrFN3O. The van der Waals surface area contributed by atoms with E-state index in [-0.39, 0.29) is 11.8 Å². The molecule has 2 unspecified atom stereocenters. The third-order valence-electron chi connectivity index (χ3n) is 3.11. The Hall–Kier alpha value is -0.460. The first kappa shape index (κ1) is 15.6. The van der Waals surface area contributed by atoms with Crippen molar-refractivity contribution < 1.29 is 9.13 Å². The van der Waals surface area contributed by atoms with Gasteiger partial charge in [0.05, 0.1) is 29.5 Å². The maximum atomic E-state index is 14.6. The molecule has 2 atom stereocenters. The van der Waals surface area contributed by atoms with E-state index in [9.17, 15) is 4.39 Å². The van der Waals surface area contributed by atoms with Crippen LogP contribution >= 0.6 is 15.9 Å². The van der Waals surface area contributed by atoms with Gasteiger partial charge in [0.15, 0.2) is 0 Å². The average Bonchev–Trinajstić information content (AvgIpc) is 2.68. The van der Waals surface area contributed by atoms with Gasteiger partial charge in [0.2, 0.25) is 0 Å². The van der Waals surface area contributed by atoms with Crippen LogP contribution in [0.2, 0.25) is 0 Å². The molecule has 0 bridgehead atoms. The molecule has 0 spiro atoms. The van der Waals surface area contributed by atoms with E-state index in [4.69, 9.17) is 10.5 Å². The molecule has 104 valence electrons. The summed E-state index contributed by atoms with van der Waals surface area (Å²) in [6.45, 7) is 5.32. The fourth-order valence-electron chi connectivity index (χ4n) is 1.93. The van der Waals surface area contributed by atoms with E-state index >= 15 is 0 Å². The van der Waals surface area contributed by atoms with Gasteiger partial charge >= 0.3 is 0 Å². The second-order valence-corrected chi connectivity index (χ2v) is 5.49. The number of nitrogens with zero attached hydrogens (tertiary/aromatic N) is 2. The zero-order valence-corrected chi connectivity index (χ0v) is 12.7. The highest BCUT2D eigenvalue weighted by atomic mass is 79.9. The normalized spacial score (nSPS) is 15.1. The maximum Gasteiger partial charge on any atom is 0.147 e. The smallest absolute Gasteiger partial charge is 0.147 e. The summed E-state index contributed by atoms with van der Waals surface area (Å²) in [7, 11) is 1.61. The van der Waals surface area contributed by atoms with Crippen LogP contribution in [0.25, 0.3) is 0 Å². The topological polar surface area (TPSA) is 53.1 Å². The lowest BCUT2D eigenvalue weighted by molar-refractivity contribution is 0.159. The highest BCUT2D eigenvalue weighted by Crippen LogP contribution is 2.35. The van der Waals surface area contributed by atoms with Gasteiger partial charge in [0, 0.05) is 13.0 Å². The van der Waals surface area contributed by atoms with Crippen LogP contribution < -0.4 is 5.73 Å². The molecule has 1 aromatic rings. The Morgan fingerprint density at radius 3 is 2.72 bits per heavy atom. The summed E-state index contributed by atoms with van der Waals surface area (Å²) in [5.74, 6) is -0.0260. The van der Waals surface area contributed by atoms with Gasteiger partial charge in [0.1, 0.15) is 6.17 Å². The molecule has 0 radical (unpaired) electrons. The monoisotopic (exact) mass is 321 g/mol. The van der Waals surface area contributed by atoms with Crippen molar-refractivity contribution in [3.05, 3.63) is 16.4 Å². The van der Waals surface area contributed by atoms with Crippen LogP contribution in [0.5, 0.6) is 0 Å². The third kappa shape index (κ3) is 3.52. The number of hydrogen-bond donors (Lipinski definition) is 1. The van der Waals surface area contributed by atoms with Gasteiger partial charge in [-0.05, 0) is 28.4 Å². The molecule has 0 saturated carbocycles. The summed E-state index contributed by atoms with van der Waals surface area (Å²) in [5, 5.41) is 4.16. The van der Waals surface area contributed by atoms with Crippen LogP contribution in [0.15, 0.2) is 10.7 Å². The zero-order chi connectivity index (χ0) is 13.7. The van der Waals surface area contributed by atoms with E-state index in [1.807, 2.05) is 13.8 Å². The first-order valence-electron chi connectivity index (χ1n) is 6.07. The molecule has 0 aliphatic heterocycles. The molecule has 1 aromatic heterocycles. The number of hydrogen-bond acceptors (Lipinski definition) is 3. The lowest BCUT2D eigenvalue weighted by Crippen LogP contribution is -2.26. The molecule has 0 aliphatic carbocycles. The van der Waals surface area contributed by atoms with Crippen molar-refractivity contribution in [2.24, 2.45) is 17.6 Å². The Morgan fingerprint density at radius 2 is 2.22 bits per heavy atom. The van der Waals surface area contributed by atoms with E-state index in [0.717, 1.165) is 0 Å². The minimum atomic E-state index is -1.12. The molecule has 6 heteroatoms. The minimum absolute atomic E-state index is 0.183. The summed E-state index contributed by atoms with van der Waals surface area (Å²) in [6.07, 6.45) is 0.495. The van der Waals surface area contributed by atoms with Gasteiger partial charge in [-0.2, -0.15) is 5.10 Å². The van der Waals surface area contributed by atoms with Crippen molar-refractivity contribution in [1.29, 1.82) is 0 Å². The van der Waals surface area contributed by atoms with Crippen LogP contribution in [0.1, 0.15) is 25.7 Å². The highest BCUT2D eigenvalue weighted by molar-refractivity contribution is 9.10. The van der Waals surface area contributed by atoms with Crippen LogP contribution in [-0.4, -0.2) is 30.0 Å². The van der Waals surface area contributed by atoms with Crippen LogP contribution in [0.3, 0.4) is 0 Å². The number of methoxy groups -OCH3 is 1. The Kier molecular flexibility index (Phi) is 6.25. The third-order valence-corrected chi connectivity index (χ3v) is 3.72. The second-order valence-electron chi connectivity index (χ2n) is 4.64. The highest BCUT2D eigenvalue weighted by Gasteiger charge is 2.29. The Morgan fingerprint density at radius 1 is 1.56 bits per heavy atom. The van der Waals surface area contributed by atoms with Crippen molar-refractivity contribution in [3.8, 4) is 0 Å². The Bertz CT molecular complexity index is 370. The quantitative estimate of drug-likeness (QED) is 0.839. The lowest BCUT2D eigenvalue weighted by Gasteiger charge is -2.24. The van der Waals surface area contributed by atoms with Crippen molar-refractivity contribution in [1.82, 2.24) is 9.78 Å². The van der Waals surface area contributed by atoms with Gasteiger partial charge in [0.25, 0.3) is 0 Å². The molecule has 0 fully saturated rings. The standard InChI is InChI=1S/C12H21BrFN3O/c1-8(2)9(6-15)11(14)12-10(13)7-16-17(12)4-5-18-3/h7-9,11H,4-6,15H2,1-3H3. The van der Waals surface area contributed by atoms with Crippen molar-refractivity contribution in [2.75, 3.05) is 20.3 Å². The van der Waals surface area contributed by atoms with Crippen molar-refractivity contribution in [2.45, 2.75) is 26.6 Å². The molecule has 0 amide bonds. The van der Waals surface area contributed by atoms with Gasteiger partial charge in [-0.25, -0.2) is 4.39 Å². The molecule has 4 nitrogen and oxygen atoms in total. The number of rotatable bonds is 7. The molecule has 1 heterocycles. The summed E-state index contributed by atoms with van der Waals surface area (Å²) in [6, 6.07) is 0. The number of ether oxygens (including phenoxy) is 1. The number of nitrogens with two attached hydrogens (primary N) is 1. The minimum Gasteiger partial charge on any atom is -0.383 e. The van der Waals surface area contributed by atoms with Crippen LogP contribution in [0.4, 0.5) is 4.39 Å². The van der Waals surface area contributed by atoms with E-state index in [0.29, 0.717) is 29.9 Å². The Balaban J connectivity index is 2.95. The van der Waals surface area contributed by atoms with Crippen molar-refractivity contribution in [3.63, 3.8) is 0 Å². The molecular weight excluding hydrogens is 301 g/mol. The molecule has 1 rings (SSSR count). The average molecular weight is 322 g/mol. The van der Waals surface area contributed by atoms with E-state index in [1.54, 1.807) is 18.0 Å². The maximum absolute atomic E-state index is 14.6. The van der Waals surface area contributed by atoms with E-state index in [2.05, 4.69) is 21.0 Å². The molecule has 2 N–H and O–H groups in total. The van der Waals surface area contributed by atoms with Crippen molar-refractivity contribution >= 4 is 15.9 Å². The molecule has 0 aromatic carbocycles. The van der Waals surface area contributed by atoms with E-state index < -0.39 is 6.17 Å². The fourth-order valence-corrected chi connectivity index (χ4v) is 2.45. The summed E-state index contributed by atoms with van der Waals surface area (Å²) in [5.41, 5.74) is 6.22. The fraction of sp³-hybridized carbons (Fsp3) is 0.750. The number of halogens is 2. The lowest BCUT2D eigenvalue weighted by atomic mass is 9.89. The van der Waals surface area contributed by atoms with Gasteiger partial charge in [-0.3, -0.25) is 4.68 Å². The first-order valence-corrected chi connectivity index (χ1v) is 6.86. The largest absolute Gasteiger partial charge is 0.383 e. The second kappa shape index (κ2) is 7.21. The summed E-state index contributed by atoms with van der Waals surface area (Å²) in [4.78, 5) is 0. The number of aromatic nitrogens is 2. The predicted octanol–water partition coefficient (Wildman–Crippen LogP) is 2.53. The number of alkyl halides is 1. The van der Waals surface area contributed by atoms with Gasteiger partial charge in [-0.1, -0.05) is 13.8 Å². The summed E-state index contributed by atoms with van der Waals surface area (Å²) < 4.78 is 21.9.